The smallest absolute Gasteiger partial charge is 0.339 e. The highest BCUT2D eigenvalue weighted by Crippen LogP contribution is 2.34. The van der Waals surface area contributed by atoms with Crippen molar-refractivity contribution in [2.24, 2.45) is 4.99 Å². The van der Waals surface area contributed by atoms with E-state index in [-0.39, 0.29) is 22.3 Å². The Morgan fingerprint density at radius 3 is 2.36 bits per heavy atom. The van der Waals surface area contributed by atoms with E-state index in [1.54, 1.807) is 43.3 Å². The van der Waals surface area contributed by atoms with Gasteiger partial charge < -0.3 is 14.2 Å². The average molecular weight is 481 g/mol. The topological polar surface area (TPSA) is 94.1 Å². The minimum absolute atomic E-state index is 0.0444. The monoisotopic (exact) mass is 480 g/mol. The van der Waals surface area contributed by atoms with Crippen molar-refractivity contribution in [3.05, 3.63) is 89.3 Å². The van der Waals surface area contributed by atoms with Crippen LogP contribution < -0.4 is 14.2 Å². The second kappa shape index (κ2) is 9.93. The van der Waals surface area contributed by atoms with Crippen LogP contribution in [0.1, 0.15) is 12.5 Å². The fraction of sp³-hybridized carbons (Fsp3) is 0.0833. The zero-order valence-corrected chi connectivity index (χ0v) is 19.2. The summed E-state index contributed by atoms with van der Waals surface area (Å²) in [5.74, 6) is 0.0604. The predicted octanol–water partition coefficient (Wildman–Crippen LogP) is 4.74. The number of amidine groups is 1. The van der Waals surface area contributed by atoms with E-state index in [2.05, 4.69) is 10.3 Å². The highest BCUT2D eigenvalue weighted by Gasteiger charge is 2.24. The number of hydrogen-bond donors (Lipinski definition) is 1. The van der Waals surface area contributed by atoms with Gasteiger partial charge in [-0.25, -0.2) is 4.99 Å². The summed E-state index contributed by atoms with van der Waals surface area (Å²) in [6.07, 6.45) is 1.69. The van der Waals surface area contributed by atoms with Crippen LogP contribution in [0.15, 0.2) is 93.7 Å². The van der Waals surface area contributed by atoms with Gasteiger partial charge in [-0.2, -0.15) is 8.42 Å². The Morgan fingerprint density at radius 1 is 0.970 bits per heavy atom. The third kappa shape index (κ3) is 5.63. The lowest BCUT2D eigenvalue weighted by atomic mass is 10.2. The Labute approximate surface area is 196 Å². The van der Waals surface area contributed by atoms with Gasteiger partial charge >= 0.3 is 10.1 Å². The van der Waals surface area contributed by atoms with Gasteiger partial charge in [0, 0.05) is 0 Å². The fourth-order valence-electron chi connectivity index (χ4n) is 2.96. The number of ether oxygens (including phenoxy) is 1. The standard InChI is InChI=1S/C24H20N2O5S2/c1-2-30-21-15-17(13-14-20(21)31-33(28,29)19-11-7-4-8-12-19)16-22-23(27)26-24(32-22)25-18-9-5-3-6-10-18/h3-16H,2H2,1H3,(H,25,26,27)/b22-16-. The Morgan fingerprint density at radius 2 is 1.67 bits per heavy atom. The highest BCUT2D eigenvalue weighted by atomic mass is 32.2. The van der Waals surface area contributed by atoms with E-state index in [0.29, 0.717) is 22.2 Å². The van der Waals surface area contributed by atoms with Gasteiger partial charge in [0.25, 0.3) is 5.91 Å². The van der Waals surface area contributed by atoms with E-state index in [1.165, 1.54) is 30.0 Å². The molecule has 7 nitrogen and oxygen atoms in total. The number of thioether (sulfide) groups is 1. The number of carbonyl (C=O) groups excluding carboxylic acids is 1. The number of hydrogen-bond acceptors (Lipinski definition) is 7. The molecule has 33 heavy (non-hydrogen) atoms. The van der Waals surface area contributed by atoms with E-state index < -0.39 is 10.1 Å². The largest absolute Gasteiger partial charge is 0.490 e. The quantitative estimate of drug-likeness (QED) is 0.388. The number of carbonyl (C=O) groups is 1. The molecule has 0 unspecified atom stereocenters. The number of nitrogens with zero attached hydrogens (tertiary/aromatic N) is 1. The maximum atomic E-state index is 12.6. The Hall–Kier alpha value is -3.56. The van der Waals surface area contributed by atoms with Gasteiger partial charge in [-0.1, -0.05) is 42.5 Å². The SMILES string of the molecule is CCOc1cc(/C=C2\SC(=Nc3ccccc3)NC2=O)ccc1OS(=O)(=O)c1ccccc1. The third-order valence-corrected chi connectivity index (χ3v) is 6.59. The number of amides is 1. The van der Waals surface area contributed by atoms with Crippen LogP contribution in [0.2, 0.25) is 0 Å². The summed E-state index contributed by atoms with van der Waals surface area (Å²) in [6, 6.07) is 22.0. The van der Waals surface area contributed by atoms with E-state index in [0.717, 1.165) is 5.69 Å². The molecule has 0 spiro atoms. The van der Waals surface area contributed by atoms with Crippen molar-refractivity contribution in [2.45, 2.75) is 11.8 Å². The Balaban J connectivity index is 1.58. The van der Waals surface area contributed by atoms with Gasteiger partial charge in [0.1, 0.15) is 4.90 Å². The molecule has 1 heterocycles. The summed E-state index contributed by atoms with van der Waals surface area (Å²) in [5.41, 5.74) is 1.39. The first-order valence-corrected chi connectivity index (χ1v) is 12.3. The van der Waals surface area contributed by atoms with Crippen LogP contribution >= 0.6 is 11.8 Å². The number of aliphatic imine (C=N–C) groups is 1. The summed E-state index contributed by atoms with van der Waals surface area (Å²) in [4.78, 5) is 17.3. The summed E-state index contributed by atoms with van der Waals surface area (Å²) in [6.45, 7) is 2.10. The Kier molecular flexibility index (Phi) is 6.81. The van der Waals surface area contributed by atoms with E-state index in [4.69, 9.17) is 8.92 Å². The molecule has 9 heteroatoms. The maximum Gasteiger partial charge on any atom is 0.339 e. The molecule has 0 aliphatic carbocycles. The van der Waals surface area contributed by atoms with Crippen LogP contribution in [0, 0.1) is 0 Å². The molecule has 3 aromatic rings. The van der Waals surface area contributed by atoms with Gasteiger partial charge in [0.15, 0.2) is 16.7 Å². The van der Waals surface area contributed by atoms with Crippen molar-refractivity contribution in [1.82, 2.24) is 5.32 Å². The molecular formula is C24H20N2O5S2. The molecule has 0 saturated carbocycles. The van der Waals surface area contributed by atoms with Gasteiger partial charge in [-0.05, 0) is 66.7 Å². The zero-order chi connectivity index (χ0) is 23.3. The van der Waals surface area contributed by atoms with E-state index in [1.807, 2.05) is 30.3 Å². The average Bonchev–Trinajstić information content (AvgIpc) is 3.15. The summed E-state index contributed by atoms with van der Waals surface area (Å²) in [5, 5.41) is 3.23. The molecular weight excluding hydrogens is 460 g/mol. The van der Waals surface area contributed by atoms with Crippen molar-refractivity contribution in [2.75, 3.05) is 6.61 Å². The molecule has 1 aliphatic rings. The van der Waals surface area contributed by atoms with Crippen LogP contribution in [0.4, 0.5) is 5.69 Å². The molecule has 4 rings (SSSR count). The summed E-state index contributed by atoms with van der Waals surface area (Å²) in [7, 11) is -4.01. The van der Waals surface area contributed by atoms with Crippen molar-refractivity contribution < 1.29 is 22.1 Å². The molecule has 0 radical (unpaired) electrons. The normalized spacial score (nSPS) is 16.1. The second-order valence-corrected chi connectivity index (χ2v) is 9.38. The first kappa shape index (κ1) is 22.6. The summed E-state index contributed by atoms with van der Waals surface area (Å²) >= 11 is 1.22. The molecule has 1 N–H and O–H groups in total. The number of rotatable bonds is 7. The predicted molar refractivity (Wildman–Crippen MR) is 129 cm³/mol. The number of para-hydroxylation sites is 1. The van der Waals surface area contributed by atoms with Gasteiger partial charge in [0.05, 0.1) is 17.2 Å². The van der Waals surface area contributed by atoms with Gasteiger partial charge in [0.2, 0.25) is 0 Å². The first-order valence-electron chi connectivity index (χ1n) is 10.1. The molecule has 1 aliphatic heterocycles. The van der Waals surface area contributed by atoms with Crippen LogP contribution in [-0.4, -0.2) is 26.1 Å². The van der Waals surface area contributed by atoms with Crippen LogP contribution in [-0.2, 0) is 14.9 Å². The molecule has 1 fully saturated rings. The zero-order valence-electron chi connectivity index (χ0n) is 17.6. The number of nitrogens with one attached hydrogen (secondary N) is 1. The molecule has 168 valence electrons. The third-order valence-electron chi connectivity index (χ3n) is 4.43. The van der Waals surface area contributed by atoms with Crippen LogP contribution in [0.3, 0.4) is 0 Å². The van der Waals surface area contributed by atoms with Crippen molar-refractivity contribution in [3.63, 3.8) is 0 Å². The van der Waals surface area contributed by atoms with Crippen molar-refractivity contribution in [1.29, 1.82) is 0 Å². The maximum absolute atomic E-state index is 12.6. The number of benzene rings is 3. The fourth-order valence-corrected chi connectivity index (χ4v) is 4.76. The molecule has 1 saturated heterocycles. The lowest BCUT2D eigenvalue weighted by Crippen LogP contribution is -2.19. The highest BCUT2D eigenvalue weighted by molar-refractivity contribution is 8.18. The molecule has 0 bridgehead atoms. The van der Waals surface area contributed by atoms with Crippen LogP contribution in [0.5, 0.6) is 11.5 Å². The van der Waals surface area contributed by atoms with Crippen molar-refractivity contribution >= 4 is 44.7 Å². The Bertz CT molecular complexity index is 1320. The van der Waals surface area contributed by atoms with E-state index in [9.17, 15) is 13.2 Å². The molecule has 0 atom stereocenters. The first-order chi connectivity index (χ1) is 15.9. The minimum atomic E-state index is -4.01. The minimum Gasteiger partial charge on any atom is -0.490 e. The molecule has 3 aromatic carbocycles. The van der Waals surface area contributed by atoms with Crippen LogP contribution in [0.25, 0.3) is 6.08 Å². The van der Waals surface area contributed by atoms with Gasteiger partial charge in [-0.3, -0.25) is 4.79 Å². The summed E-state index contributed by atoms with van der Waals surface area (Å²) < 4.78 is 36.1. The van der Waals surface area contributed by atoms with E-state index >= 15 is 0 Å². The van der Waals surface area contributed by atoms with Gasteiger partial charge in [-0.15, -0.1) is 0 Å². The second-order valence-electron chi connectivity index (χ2n) is 6.81. The molecule has 1 amide bonds. The molecule has 0 aromatic heterocycles. The van der Waals surface area contributed by atoms with Crippen molar-refractivity contribution in [3.8, 4) is 11.5 Å². The lowest BCUT2D eigenvalue weighted by Gasteiger charge is -2.12. The lowest BCUT2D eigenvalue weighted by molar-refractivity contribution is -0.115.